The molecule has 1 aliphatic rings. The van der Waals surface area contributed by atoms with Gasteiger partial charge in [-0.05, 0) is 36.4 Å². The van der Waals surface area contributed by atoms with E-state index in [4.69, 9.17) is 9.26 Å². The lowest BCUT2D eigenvalue weighted by Crippen LogP contribution is -2.56. The van der Waals surface area contributed by atoms with Gasteiger partial charge in [-0.15, -0.1) is 0 Å². The fourth-order valence-corrected chi connectivity index (χ4v) is 4.62. The normalized spacial score (nSPS) is 15.0. The first-order valence-electron chi connectivity index (χ1n) is 9.48. The van der Waals surface area contributed by atoms with Crippen LogP contribution >= 0.6 is 0 Å². The number of hydrogen-bond acceptors (Lipinski definition) is 8. The van der Waals surface area contributed by atoms with Crippen molar-refractivity contribution in [2.45, 2.75) is 11.1 Å². The topological polar surface area (TPSA) is 116 Å². The van der Waals surface area contributed by atoms with E-state index < -0.39 is 10.0 Å². The van der Waals surface area contributed by atoms with E-state index in [1.807, 2.05) is 18.2 Å². The number of imidazole rings is 1. The highest BCUT2D eigenvalue weighted by Gasteiger charge is 2.39. The van der Waals surface area contributed by atoms with Gasteiger partial charge in [0.2, 0.25) is 5.82 Å². The summed E-state index contributed by atoms with van der Waals surface area (Å²) in [4.78, 5) is 12.4. The molecule has 0 amide bonds. The van der Waals surface area contributed by atoms with Crippen molar-refractivity contribution < 1.29 is 17.7 Å². The van der Waals surface area contributed by atoms with E-state index >= 15 is 0 Å². The summed E-state index contributed by atoms with van der Waals surface area (Å²) in [6, 6.07) is 10.9. The third-order valence-corrected chi connectivity index (χ3v) is 6.57. The Morgan fingerprint density at radius 3 is 2.61 bits per heavy atom. The van der Waals surface area contributed by atoms with E-state index in [0.717, 1.165) is 11.1 Å². The molecule has 0 bridgehead atoms. The van der Waals surface area contributed by atoms with Crippen LogP contribution in [0.25, 0.3) is 22.8 Å². The van der Waals surface area contributed by atoms with Gasteiger partial charge in [-0.2, -0.15) is 9.29 Å². The Morgan fingerprint density at radius 1 is 1.13 bits per heavy atom. The predicted octanol–water partition coefficient (Wildman–Crippen LogP) is 1.98. The zero-order chi connectivity index (χ0) is 21.4. The molecule has 1 aromatic carbocycles. The van der Waals surface area contributed by atoms with Gasteiger partial charge in [-0.1, -0.05) is 5.16 Å². The molecule has 0 aliphatic carbocycles. The van der Waals surface area contributed by atoms with Crippen LogP contribution in [0.15, 0.2) is 70.9 Å². The smallest absolute Gasteiger partial charge is 0.262 e. The molecule has 10 nitrogen and oxygen atoms in total. The van der Waals surface area contributed by atoms with Gasteiger partial charge >= 0.3 is 0 Å². The molecular weight excluding hydrogens is 420 g/mol. The van der Waals surface area contributed by atoms with Crippen molar-refractivity contribution in [2.75, 3.05) is 13.1 Å². The summed E-state index contributed by atoms with van der Waals surface area (Å²) in [6.07, 6.45) is 6.07. The van der Waals surface area contributed by atoms with Gasteiger partial charge in [0.15, 0.2) is 5.03 Å². The van der Waals surface area contributed by atoms with Crippen LogP contribution < -0.4 is 4.74 Å². The minimum atomic E-state index is -3.58. The van der Waals surface area contributed by atoms with Gasteiger partial charge in [0.05, 0.1) is 25.0 Å². The largest absolute Gasteiger partial charge is 0.488 e. The monoisotopic (exact) mass is 438 g/mol. The average molecular weight is 438 g/mol. The summed E-state index contributed by atoms with van der Waals surface area (Å²) < 4.78 is 39.1. The SMILES string of the molecule is Cn1cnc(S(=O)(=O)N2CC(Oc3ccc(-c4noc(-c5cccnc5)n4)cc3)C2)c1. The minimum Gasteiger partial charge on any atom is -0.488 e. The molecule has 31 heavy (non-hydrogen) atoms. The van der Waals surface area contributed by atoms with Crippen LogP contribution in [-0.2, 0) is 17.1 Å². The van der Waals surface area contributed by atoms with Crippen LogP contribution in [0.4, 0.5) is 0 Å². The van der Waals surface area contributed by atoms with Crippen LogP contribution in [-0.4, -0.2) is 56.6 Å². The van der Waals surface area contributed by atoms with Crippen LogP contribution in [0.5, 0.6) is 5.75 Å². The molecule has 158 valence electrons. The number of benzene rings is 1. The van der Waals surface area contributed by atoms with Crippen molar-refractivity contribution in [1.29, 1.82) is 0 Å². The maximum atomic E-state index is 12.5. The average Bonchev–Trinajstić information content (AvgIpc) is 3.41. The molecule has 5 rings (SSSR count). The van der Waals surface area contributed by atoms with E-state index in [-0.39, 0.29) is 24.2 Å². The standard InChI is InChI=1S/C20H18N6O4S/c1-25-12-18(22-13-25)31(27,28)26-10-17(11-26)29-16-6-4-14(5-7-16)19-23-20(30-24-19)15-3-2-8-21-9-15/h2-9,12-13,17H,10-11H2,1H3. The number of aryl methyl sites for hydroxylation is 1. The van der Waals surface area contributed by atoms with Crippen LogP contribution in [0, 0.1) is 0 Å². The molecule has 0 radical (unpaired) electrons. The van der Waals surface area contributed by atoms with Crippen molar-refractivity contribution in [1.82, 2.24) is 29.0 Å². The Labute approximate surface area is 178 Å². The molecule has 0 unspecified atom stereocenters. The summed E-state index contributed by atoms with van der Waals surface area (Å²) in [5.41, 5.74) is 1.52. The Balaban J connectivity index is 1.21. The molecule has 1 fully saturated rings. The van der Waals surface area contributed by atoms with Crippen molar-refractivity contribution in [3.8, 4) is 28.6 Å². The second-order valence-electron chi connectivity index (χ2n) is 7.13. The predicted molar refractivity (Wildman–Crippen MR) is 109 cm³/mol. The van der Waals surface area contributed by atoms with Gasteiger partial charge in [-0.25, -0.2) is 13.4 Å². The zero-order valence-corrected chi connectivity index (χ0v) is 17.3. The highest BCUT2D eigenvalue weighted by atomic mass is 32.2. The lowest BCUT2D eigenvalue weighted by Gasteiger charge is -2.37. The van der Waals surface area contributed by atoms with Gasteiger partial charge in [0, 0.05) is 31.2 Å². The van der Waals surface area contributed by atoms with Gasteiger partial charge < -0.3 is 13.8 Å². The molecule has 4 heterocycles. The third kappa shape index (κ3) is 3.80. The molecule has 1 saturated heterocycles. The van der Waals surface area contributed by atoms with Crippen molar-refractivity contribution >= 4 is 10.0 Å². The Bertz CT molecular complexity index is 1290. The first-order valence-corrected chi connectivity index (χ1v) is 10.9. The highest BCUT2D eigenvalue weighted by Crippen LogP contribution is 2.26. The summed E-state index contributed by atoms with van der Waals surface area (Å²) in [5.74, 6) is 1.49. The molecule has 1 aliphatic heterocycles. The lowest BCUT2D eigenvalue weighted by atomic mass is 10.2. The maximum Gasteiger partial charge on any atom is 0.262 e. The van der Waals surface area contributed by atoms with Crippen molar-refractivity contribution in [3.05, 3.63) is 61.3 Å². The zero-order valence-electron chi connectivity index (χ0n) is 16.5. The molecule has 0 N–H and O–H groups in total. The van der Waals surface area contributed by atoms with Crippen LogP contribution in [0.2, 0.25) is 0 Å². The quantitative estimate of drug-likeness (QED) is 0.449. The number of aromatic nitrogens is 5. The number of rotatable bonds is 6. The van der Waals surface area contributed by atoms with E-state index in [0.29, 0.717) is 17.5 Å². The maximum absolute atomic E-state index is 12.5. The van der Waals surface area contributed by atoms with Gasteiger partial charge in [-0.3, -0.25) is 4.98 Å². The first-order chi connectivity index (χ1) is 15.0. The molecule has 0 atom stereocenters. The fraction of sp³-hybridized carbons (Fsp3) is 0.200. The second-order valence-corrected chi connectivity index (χ2v) is 9.01. The molecule has 4 aromatic rings. The molecule has 3 aromatic heterocycles. The summed E-state index contributed by atoms with van der Waals surface area (Å²) >= 11 is 0. The van der Waals surface area contributed by atoms with Crippen LogP contribution in [0.1, 0.15) is 0 Å². The fourth-order valence-electron chi connectivity index (χ4n) is 3.15. The number of hydrogen-bond donors (Lipinski definition) is 0. The number of sulfonamides is 1. The summed E-state index contributed by atoms with van der Waals surface area (Å²) in [5, 5.41) is 4.06. The van der Waals surface area contributed by atoms with Crippen molar-refractivity contribution in [2.24, 2.45) is 7.05 Å². The van der Waals surface area contributed by atoms with E-state index in [9.17, 15) is 8.42 Å². The molecule has 11 heteroatoms. The van der Waals surface area contributed by atoms with Gasteiger partial charge in [0.25, 0.3) is 15.9 Å². The summed E-state index contributed by atoms with van der Waals surface area (Å²) in [6.45, 7) is 0.555. The Morgan fingerprint density at radius 2 is 1.94 bits per heavy atom. The molecule has 0 saturated carbocycles. The first kappa shape index (κ1) is 19.4. The number of pyridine rings is 1. The number of ether oxygens (including phenoxy) is 1. The van der Waals surface area contributed by atoms with Crippen molar-refractivity contribution in [3.63, 3.8) is 0 Å². The van der Waals surface area contributed by atoms with Gasteiger partial charge in [0.1, 0.15) is 11.9 Å². The minimum absolute atomic E-state index is 0.0450. The molecular formula is C20H18N6O4S. The molecule has 0 spiro atoms. The summed E-state index contributed by atoms with van der Waals surface area (Å²) in [7, 11) is -1.85. The Hall–Kier alpha value is -3.57. The Kier molecular flexibility index (Phi) is 4.75. The highest BCUT2D eigenvalue weighted by molar-refractivity contribution is 7.89. The van der Waals surface area contributed by atoms with E-state index in [1.54, 1.807) is 42.2 Å². The lowest BCUT2D eigenvalue weighted by molar-refractivity contribution is 0.0760. The van der Waals surface area contributed by atoms with Crippen LogP contribution in [0.3, 0.4) is 0 Å². The third-order valence-electron chi connectivity index (χ3n) is 4.85. The second kappa shape index (κ2) is 7.60. The number of nitrogens with zero attached hydrogens (tertiary/aromatic N) is 6. The van der Waals surface area contributed by atoms with E-state index in [1.165, 1.54) is 16.8 Å². The van der Waals surface area contributed by atoms with E-state index in [2.05, 4.69) is 20.1 Å².